The molecule has 17 heavy (non-hydrogen) atoms. The van der Waals surface area contributed by atoms with E-state index in [2.05, 4.69) is 27.3 Å². The van der Waals surface area contributed by atoms with Crippen molar-refractivity contribution in [2.24, 2.45) is 0 Å². The van der Waals surface area contributed by atoms with Crippen LogP contribution in [0.5, 0.6) is 0 Å². The zero-order valence-corrected chi connectivity index (χ0v) is 11.0. The summed E-state index contributed by atoms with van der Waals surface area (Å²) in [6, 6.07) is 7.24. The number of rotatable bonds is 5. The van der Waals surface area contributed by atoms with E-state index in [1.54, 1.807) is 18.2 Å². The van der Waals surface area contributed by atoms with Crippen molar-refractivity contribution >= 4 is 27.5 Å². The van der Waals surface area contributed by atoms with Crippen LogP contribution in [0.4, 0.5) is 5.69 Å². The van der Waals surface area contributed by atoms with Gasteiger partial charge >= 0.3 is 0 Å². The Kier molecular flexibility index (Phi) is 5.50. The fraction of sp³-hybridized carbons (Fsp3) is 0.333. The minimum absolute atomic E-state index is 0.180. The van der Waals surface area contributed by atoms with Crippen LogP contribution in [0.25, 0.3) is 0 Å². The first-order valence-electron chi connectivity index (χ1n) is 5.35. The van der Waals surface area contributed by atoms with Gasteiger partial charge in [-0.05, 0) is 31.0 Å². The summed E-state index contributed by atoms with van der Waals surface area (Å²) >= 11 is 3.30. The summed E-state index contributed by atoms with van der Waals surface area (Å²) in [5.74, 6) is -0.180. The van der Waals surface area contributed by atoms with E-state index in [1.165, 1.54) is 0 Å². The van der Waals surface area contributed by atoms with Gasteiger partial charge in [0, 0.05) is 23.1 Å². The molecule has 0 aliphatic carbocycles. The summed E-state index contributed by atoms with van der Waals surface area (Å²) in [5, 5.41) is 11.1. The highest BCUT2D eigenvalue weighted by atomic mass is 79.9. The number of anilines is 1. The normalized spacial score (nSPS) is 9.65. The van der Waals surface area contributed by atoms with Crippen molar-refractivity contribution in [1.82, 2.24) is 5.32 Å². The molecule has 0 aliphatic heterocycles. The van der Waals surface area contributed by atoms with E-state index in [9.17, 15) is 4.79 Å². The van der Waals surface area contributed by atoms with Gasteiger partial charge in [-0.2, -0.15) is 5.26 Å². The monoisotopic (exact) mass is 295 g/mol. The summed E-state index contributed by atoms with van der Waals surface area (Å²) < 4.78 is 0.821. The second-order valence-corrected chi connectivity index (χ2v) is 4.52. The van der Waals surface area contributed by atoms with E-state index < -0.39 is 0 Å². The van der Waals surface area contributed by atoms with Gasteiger partial charge in [0.25, 0.3) is 5.91 Å². The van der Waals surface area contributed by atoms with Gasteiger partial charge < -0.3 is 11.1 Å². The smallest absolute Gasteiger partial charge is 0.253 e. The maximum absolute atomic E-state index is 11.8. The molecule has 0 aliphatic rings. The maximum Gasteiger partial charge on any atom is 0.253 e. The SMILES string of the molecule is N#CCCCCNC(=O)c1cc(Br)ccc1N. The molecule has 3 N–H and O–H groups in total. The first-order chi connectivity index (χ1) is 8.15. The number of nitrogens with one attached hydrogen (secondary N) is 1. The van der Waals surface area contributed by atoms with Crippen molar-refractivity contribution in [2.75, 3.05) is 12.3 Å². The summed E-state index contributed by atoms with van der Waals surface area (Å²) in [6.07, 6.45) is 2.12. The number of nitriles is 1. The minimum atomic E-state index is -0.180. The van der Waals surface area contributed by atoms with Crippen LogP contribution in [0.2, 0.25) is 0 Å². The predicted molar refractivity (Wildman–Crippen MR) is 70.4 cm³/mol. The summed E-state index contributed by atoms with van der Waals surface area (Å²) in [6.45, 7) is 0.562. The van der Waals surface area contributed by atoms with E-state index in [1.807, 2.05) is 0 Å². The largest absolute Gasteiger partial charge is 0.398 e. The molecule has 1 amide bonds. The molecule has 1 rings (SSSR count). The number of nitrogens with two attached hydrogens (primary N) is 1. The highest BCUT2D eigenvalue weighted by Gasteiger charge is 2.09. The second-order valence-electron chi connectivity index (χ2n) is 3.60. The molecule has 0 aromatic heterocycles. The van der Waals surface area contributed by atoms with Gasteiger partial charge in [0.1, 0.15) is 0 Å². The molecular weight excluding hydrogens is 282 g/mol. The third kappa shape index (κ3) is 4.45. The van der Waals surface area contributed by atoms with Gasteiger partial charge in [0.05, 0.1) is 11.6 Å². The number of carbonyl (C=O) groups excluding carboxylic acids is 1. The lowest BCUT2D eigenvalue weighted by Gasteiger charge is -2.07. The Morgan fingerprint density at radius 1 is 1.47 bits per heavy atom. The van der Waals surface area contributed by atoms with Crippen LogP contribution in [0.1, 0.15) is 29.6 Å². The predicted octanol–water partition coefficient (Wildman–Crippen LogP) is 2.45. The van der Waals surface area contributed by atoms with Crippen LogP contribution in [0.3, 0.4) is 0 Å². The molecule has 0 spiro atoms. The lowest BCUT2D eigenvalue weighted by atomic mass is 10.1. The molecule has 0 bridgehead atoms. The van der Waals surface area contributed by atoms with Crippen molar-refractivity contribution in [3.8, 4) is 6.07 Å². The fourth-order valence-electron chi connectivity index (χ4n) is 1.35. The number of amides is 1. The topological polar surface area (TPSA) is 78.9 Å². The highest BCUT2D eigenvalue weighted by Crippen LogP contribution is 2.18. The van der Waals surface area contributed by atoms with Gasteiger partial charge in [-0.3, -0.25) is 4.79 Å². The number of hydrogen-bond acceptors (Lipinski definition) is 3. The Morgan fingerprint density at radius 3 is 2.94 bits per heavy atom. The summed E-state index contributed by atoms with van der Waals surface area (Å²) in [5.41, 5.74) is 6.65. The molecule has 4 nitrogen and oxygen atoms in total. The second kappa shape index (κ2) is 6.92. The number of nitrogen functional groups attached to an aromatic ring is 1. The summed E-state index contributed by atoms with van der Waals surface area (Å²) in [4.78, 5) is 11.8. The average Bonchev–Trinajstić information content (AvgIpc) is 2.32. The number of hydrogen-bond donors (Lipinski definition) is 2. The zero-order chi connectivity index (χ0) is 12.7. The van der Waals surface area contributed by atoms with Gasteiger partial charge in [-0.25, -0.2) is 0 Å². The van der Waals surface area contributed by atoms with Crippen LogP contribution in [-0.2, 0) is 0 Å². The van der Waals surface area contributed by atoms with Crippen molar-refractivity contribution in [1.29, 1.82) is 5.26 Å². The molecule has 0 saturated heterocycles. The van der Waals surface area contributed by atoms with Crippen molar-refractivity contribution in [2.45, 2.75) is 19.3 Å². The molecule has 0 unspecified atom stereocenters. The zero-order valence-electron chi connectivity index (χ0n) is 9.37. The Morgan fingerprint density at radius 2 is 2.24 bits per heavy atom. The van der Waals surface area contributed by atoms with E-state index in [4.69, 9.17) is 11.0 Å². The lowest BCUT2D eigenvalue weighted by molar-refractivity contribution is 0.0954. The van der Waals surface area contributed by atoms with Gasteiger partial charge in [0.2, 0.25) is 0 Å². The quantitative estimate of drug-likeness (QED) is 0.647. The Balaban J connectivity index is 2.47. The van der Waals surface area contributed by atoms with Crippen molar-refractivity contribution < 1.29 is 4.79 Å². The third-order valence-corrected chi connectivity index (χ3v) is 2.75. The number of halogens is 1. The molecule has 5 heteroatoms. The van der Waals surface area contributed by atoms with E-state index in [0.29, 0.717) is 24.2 Å². The van der Waals surface area contributed by atoms with E-state index in [0.717, 1.165) is 17.3 Å². The van der Waals surface area contributed by atoms with Crippen LogP contribution >= 0.6 is 15.9 Å². The number of nitrogens with zero attached hydrogens (tertiary/aromatic N) is 1. The van der Waals surface area contributed by atoms with Crippen LogP contribution in [0.15, 0.2) is 22.7 Å². The average molecular weight is 296 g/mol. The van der Waals surface area contributed by atoms with E-state index >= 15 is 0 Å². The molecule has 0 heterocycles. The Bertz CT molecular complexity index is 440. The van der Waals surface area contributed by atoms with Gasteiger partial charge in [0.15, 0.2) is 0 Å². The Hall–Kier alpha value is -1.54. The molecule has 0 fully saturated rings. The van der Waals surface area contributed by atoms with Crippen LogP contribution < -0.4 is 11.1 Å². The first-order valence-corrected chi connectivity index (χ1v) is 6.14. The third-order valence-electron chi connectivity index (χ3n) is 2.26. The molecule has 0 radical (unpaired) electrons. The standard InChI is InChI=1S/C12H14BrN3O/c13-9-4-5-11(15)10(8-9)12(17)16-7-3-1-2-6-14/h4-5,8H,1-3,7,15H2,(H,16,17). The first kappa shape index (κ1) is 13.5. The van der Waals surface area contributed by atoms with Gasteiger partial charge in [-0.15, -0.1) is 0 Å². The number of unbranched alkanes of at least 4 members (excludes halogenated alkanes) is 2. The molecule has 0 atom stereocenters. The maximum atomic E-state index is 11.8. The molecule has 0 saturated carbocycles. The number of benzene rings is 1. The fourth-order valence-corrected chi connectivity index (χ4v) is 1.71. The van der Waals surface area contributed by atoms with Crippen molar-refractivity contribution in [3.63, 3.8) is 0 Å². The number of carbonyl (C=O) groups is 1. The molecular formula is C12H14BrN3O. The van der Waals surface area contributed by atoms with Crippen LogP contribution in [0, 0.1) is 11.3 Å². The minimum Gasteiger partial charge on any atom is -0.398 e. The van der Waals surface area contributed by atoms with Gasteiger partial charge in [-0.1, -0.05) is 15.9 Å². The summed E-state index contributed by atoms with van der Waals surface area (Å²) in [7, 11) is 0. The molecule has 90 valence electrons. The highest BCUT2D eigenvalue weighted by molar-refractivity contribution is 9.10. The molecule has 1 aromatic carbocycles. The molecule has 1 aromatic rings. The Labute approximate surface area is 109 Å². The van der Waals surface area contributed by atoms with E-state index in [-0.39, 0.29) is 5.91 Å². The van der Waals surface area contributed by atoms with Crippen molar-refractivity contribution in [3.05, 3.63) is 28.2 Å². The van der Waals surface area contributed by atoms with Crippen LogP contribution in [-0.4, -0.2) is 12.5 Å². The lowest BCUT2D eigenvalue weighted by Crippen LogP contribution is -2.25.